The number of hydrogen-bond acceptors (Lipinski definition) is 2. The van der Waals surface area contributed by atoms with Gasteiger partial charge in [0.1, 0.15) is 5.75 Å². The first-order valence-electron chi connectivity index (χ1n) is 7.72. The van der Waals surface area contributed by atoms with E-state index in [-0.39, 0.29) is 5.75 Å². The van der Waals surface area contributed by atoms with Crippen LogP contribution in [0.5, 0.6) is 5.75 Å². The highest BCUT2D eigenvalue weighted by atomic mass is 16.3. The molecule has 0 aromatic heterocycles. The minimum Gasteiger partial charge on any atom is -0.506 e. The summed E-state index contributed by atoms with van der Waals surface area (Å²) in [4.78, 5) is 10.7. The molecule has 0 aliphatic heterocycles. The number of aromatic hydroxyl groups is 1. The molecule has 1 aromatic carbocycles. The number of carbonyl (C=O) groups is 1. The number of phenolic OH excluding ortho intramolecular Hbond substituents is 1. The quantitative estimate of drug-likeness (QED) is 0.653. The molecule has 106 valence electrons. The molecule has 4 bridgehead atoms. The van der Waals surface area contributed by atoms with Gasteiger partial charge in [0, 0.05) is 0 Å². The summed E-state index contributed by atoms with van der Waals surface area (Å²) in [7, 11) is 0. The molecule has 3 nitrogen and oxygen atoms in total. The Morgan fingerprint density at radius 1 is 1.10 bits per heavy atom. The van der Waals surface area contributed by atoms with Crippen LogP contribution in [0.15, 0.2) is 18.2 Å². The molecule has 0 spiro atoms. The molecule has 20 heavy (non-hydrogen) atoms. The highest BCUT2D eigenvalue weighted by Crippen LogP contribution is 2.61. The molecule has 0 unspecified atom stereocenters. The van der Waals surface area contributed by atoms with Gasteiger partial charge in [0.25, 0.3) is 0 Å². The number of rotatable bonds is 3. The number of benzene rings is 1. The minimum atomic E-state index is 0.158. The predicted molar refractivity (Wildman–Crippen MR) is 77.6 cm³/mol. The van der Waals surface area contributed by atoms with E-state index in [1.54, 1.807) is 6.07 Å². The lowest BCUT2D eigenvalue weighted by Gasteiger charge is -2.57. The van der Waals surface area contributed by atoms with Crippen LogP contribution in [0, 0.1) is 17.8 Å². The van der Waals surface area contributed by atoms with E-state index >= 15 is 0 Å². The second kappa shape index (κ2) is 4.24. The van der Waals surface area contributed by atoms with Crippen molar-refractivity contribution < 1.29 is 9.90 Å². The molecule has 2 N–H and O–H groups in total. The van der Waals surface area contributed by atoms with Crippen LogP contribution in [0.2, 0.25) is 0 Å². The van der Waals surface area contributed by atoms with Gasteiger partial charge >= 0.3 is 0 Å². The number of phenols is 1. The zero-order chi connectivity index (χ0) is 13.7. The molecule has 4 aliphatic rings. The fourth-order valence-electron chi connectivity index (χ4n) is 5.51. The van der Waals surface area contributed by atoms with Crippen LogP contribution in [0.25, 0.3) is 0 Å². The van der Waals surface area contributed by atoms with Gasteiger partial charge in [-0.3, -0.25) is 4.79 Å². The normalized spacial score (nSPS) is 37.9. The Morgan fingerprint density at radius 2 is 1.70 bits per heavy atom. The van der Waals surface area contributed by atoms with E-state index in [1.807, 2.05) is 6.07 Å². The summed E-state index contributed by atoms with van der Waals surface area (Å²) in [6, 6.07) is 5.80. The van der Waals surface area contributed by atoms with Crippen molar-refractivity contribution in [1.82, 2.24) is 0 Å². The van der Waals surface area contributed by atoms with Crippen LogP contribution in [0.4, 0.5) is 5.69 Å². The highest BCUT2D eigenvalue weighted by Gasteiger charge is 2.51. The fourth-order valence-corrected chi connectivity index (χ4v) is 5.51. The standard InChI is InChI=1S/C17H21NO2/c19-10-18-15-6-14(1-2-16(15)20)17-7-11-3-12(8-17)5-13(4-11)9-17/h1-2,6,10-13,20H,3-5,7-9H2,(H,18,19). The van der Waals surface area contributed by atoms with Gasteiger partial charge in [-0.2, -0.15) is 0 Å². The van der Waals surface area contributed by atoms with Gasteiger partial charge in [-0.05, 0) is 79.4 Å². The maximum absolute atomic E-state index is 10.7. The first-order valence-corrected chi connectivity index (χ1v) is 7.72. The van der Waals surface area contributed by atoms with Crippen molar-refractivity contribution in [3.05, 3.63) is 23.8 Å². The summed E-state index contributed by atoms with van der Waals surface area (Å²) >= 11 is 0. The van der Waals surface area contributed by atoms with Gasteiger partial charge in [-0.25, -0.2) is 0 Å². The summed E-state index contributed by atoms with van der Waals surface area (Å²) in [6.07, 6.45) is 8.81. The third kappa shape index (κ3) is 1.75. The zero-order valence-corrected chi connectivity index (χ0v) is 11.6. The fraction of sp³-hybridized carbons (Fsp3) is 0.588. The molecule has 0 atom stereocenters. The average molecular weight is 271 g/mol. The van der Waals surface area contributed by atoms with Gasteiger partial charge in [-0.15, -0.1) is 0 Å². The Labute approximate surface area is 119 Å². The first-order chi connectivity index (χ1) is 9.68. The van der Waals surface area contributed by atoms with Crippen molar-refractivity contribution in [2.45, 2.75) is 43.9 Å². The van der Waals surface area contributed by atoms with E-state index in [2.05, 4.69) is 11.4 Å². The largest absolute Gasteiger partial charge is 0.506 e. The molecule has 4 aliphatic carbocycles. The van der Waals surface area contributed by atoms with E-state index < -0.39 is 0 Å². The second-order valence-electron chi connectivity index (χ2n) is 7.19. The average Bonchev–Trinajstić information content (AvgIpc) is 2.40. The summed E-state index contributed by atoms with van der Waals surface area (Å²) in [5.41, 5.74) is 2.17. The van der Waals surface area contributed by atoms with Gasteiger partial charge in [-0.1, -0.05) is 6.07 Å². The van der Waals surface area contributed by atoms with Crippen LogP contribution in [-0.2, 0) is 10.2 Å². The van der Waals surface area contributed by atoms with Crippen LogP contribution >= 0.6 is 0 Å². The summed E-state index contributed by atoms with van der Waals surface area (Å²) in [5, 5.41) is 12.4. The third-order valence-electron chi connectivity index (χ3n) is 5.86. The third-order valence-corrected chi connectivity index (χ3v) is 5.86. The number of anilines is 1. The Hall–Kier alpha value is -1.51. The molecular weight excluding hydrogens is 250 g/mol. The summed E-state index contributed by atoms with van der Waals surface area (Å²) in [6.45, 7) is 0. The number of nitrogens with one attached hydrogen (secondary N) is 1. The highest BCUT2D eigenvalue weighted by molar-refractivity contribution is 5.75. The maximum Gasteiger partial charge on any atom is 0.211 e. The molecule has 1 amide bonds. The topological polar surface area (TPSA) is 49.3 Å². The van der Waals surface area contributed by atoms with Crippen LogP contribution in [-0.4, -0.2) is 11.5 Å². The van der Waals surface area contributed by atoms with Crippen LogP contribution in [0.3, 0.4) is 0 Å². The van der Waals surface area contributed by atoms with Crippen LogP contribution in [0.1, 0.15) is 44.1 Å². The Bertz CT molecular complexity index is 517. The lowest BCUT2D eigenvalue weighted by molar-refractivity contribution is -0.105. The van der Waals surface area contributed by atoms with Crippen molar-refractivity contribution in [3.8, 4) is 5.75 Å². The number of carbonyl (C=O) groups excluding carboxylic acids is 1. The number of hydrogen-bond donors (Lipinski definition) is 2. The zero-order valence-electron chi connectivity index (χ0n) is 11.6. The lowest BCUT2D eigenvalue weighted by atomic mass is 9.48. The second-order valence-corrected chi connectivity index (χ2v) is 7.19. The van der Waals surface area contributed by atoms with Crippen molar-refractivity contribution in [3.63, 3.8) is 0 Å². The van der Waals surface area contributed by atoms with Gasteiger partial charge in [0.15, 0.2) is 0 Å². The summed E-state index contributed by atoms with van der Waals surface area (Å²) < 4.78 is 0. The van der Waals surface area contributed by atoms with E-state index in [0.717, 1.165) is 17.8 Å². The molecule has 4 saturated carbocycles. The van der Waals surface area contributed by atoms with Crippen molar-refractivity contribution in [2.75, 3.05) is 5.32 Å². The molecule has 1 aromatic rings. The maximum atomic E-state index is 10.7. The molecule has 5 rings (SSSR count). The van der Waals surface area contributed by atoms with Crippen molar-refractivity contribution >= 4 is 12.1 Å². The van der Waals surface area contributed by atoms with E-state index in [9.17, 15) is 9.90 Å². The first kappa shape index (κ1) is 12.2. The molecule has 3 heteroatoms. The Balaban J connectivity index is 1.73. The van der Waals surface area contributed by atoms with Crippen LogP contribution < -0.4 is 5.32 Å². The molecular formula is C17H21NO2. The van der Waals surface area contributed by atoms with E-state index in [0.29, 0.717) is 17.5 Å². The lowest BCUT2D eigenvalue weighted by Crippen LogP contribution is -2.48. The monoisotopic (exact) mass is 271 g/mol. The molecule has 0 saturated heterocycles. The van der Waals surface area contributed by atoms with Gasteiger partial charge in [0.05, 0.1) is 5.69 Å². The SMILES string of the molecule is O=CNc1cc(C23CC4CC(CC(C4)C2)C3)ccc1O. The van der Waals surface area contributed by atoms with E-state index in [4.69, 9.17) is 0 Å². The van der Waals surface area contributed by atoms with Crippen molar-refractivity contribution in [1.29, 1.82) is 0 Å². The predicted octanol–water partition coefficient (Wildman–Crippen LogP) is 3.43. The summed E-state index contributed by atoms with van der Waals surface area (Å²) in [5.74, 6) is 2.86. The Kier molecular flexibility index (Phi) is 2.60. The Morgan fingerprint density at radius 3 is 2.25 bits per heavy atom. The molecule has 0 radical (unpaired) electrons. The van der Waals surface area contributed by atoms with E-state index in [1.165, 1.54) is 44.1 Å². The molecule has 0 heterocycles. The number of amides is 1. The van der Waals surface area contributed by atoms with Gasteiger partial charge < -0.3 is 10.4 Å². The van der Waals surface area contributed by atoms with Gasteiger partial charge in [0.2, 0.25) is 6.41 Å². The smallest absolute Gasteiger partial charge is 0.211 e. The minimum absolute atomic E-state index is 0.158. The molecule has 4 fully saturated rings. The van der Waals surface area contributed by atoms with Crippen molar-refractivity contribution in [2.24, 2.45) is 17.8 Å².